The molecule has 0 aliphatic carbocycles. The van der Waals surface area contributed by atoms with Gasteiger partial charge in [0, 0.05) is 47.4 Å². The van der Waals surface area contributed by atoms with Crippen molar-refractivity contribution in [3.63, 3.8) is 0 Å². The number of nitrogens with zero attached hydrogens (tertiary/aromatic N) is 1. The zero-order chi connectivity index (χ0) is 26.1. The molecule has 3 aromatic rings. The van der Waals surface area contributed by atoms with Gasteiger partial charge in [-0.25, -0.2) is 13.9 Å². The highest BCUT2D eigenvalue weighted by atomic mass is 32.2. The van der Waals surface area contributed by atoms with E-state index in [1.165, 1.54) is 12.1 Å². The fraction of sp³-hybridized carbons (Fsp3) is 0.360. The number of carbonyl (C=O) groups is 2. The summed E-state index contributed by atoms with van der Waals surface area (Å²) in [5, 5.41) is 3.75. The Kier molecular flexibility index (Phi) is 7.05. The standard InChI is InChI=1S/C25H29FN4O5S/c1-25(2,3)35-24(32)29-36(33,34)30-12-4-5-19(15-30)28-23(31)17-8-6-16(7-9-17)21-14-27-22-13-18(26)10-11-20(21)22/h6-11,13-14,19,27H,4-5,12,15H2,1-3H3,(H,28,31)(H,29,32). The number of aromatic nitrogens is 1. The number of ether oxygens (including phenoxy) is 1. The minimum absolute atomic E-state index is 0.0356. The smallest absolute Gasteiger partial charge is 0.422 e. The van der Waals surface area contributed by atoms with E-state index in [0.717, 1.165) is 20.8 Å². The van der Waals surface area contributed by atoms with Crippen LogP contribution >= 0.6 is 0 Å². The molecular weight excluding hydrogens is 487 g/mol. The normalized spacial score (nSPS) is 17.1. The van der Waals surface area contributed by atoms with Gasteiger partial charge in [-0.1, -0.05) is 12.1 Å². The van der Waals surface area contributed by atoms with Crippen LogP contribution in [0, 0.1) is 5.82 Å². The van der Waals surface area contributed by atoms with Gasteiger partial charge in [-0.05, 0) is 69.5 Å². The van der Waals surface area contributed by atoms with Crippen LogP contribution in [0.25, 0.3) is 22.0 Å². The number of fused-ring (bicyclic) bond motifs is 1. The molecule has 2 aromatic carbocycles. The first kappa shape index (κ1) is 25.6. The minimum Gasteiger partial charge on any atom is -0.443 e. The summed E-state index contributed by atoms with van der Waals surface area (Å²) < 4.78 is 46.8. The molecule has 3 N–H and O–H groups in total. The maximum Gasteiger partial charge on any atom is 0.422 e. The van der Waals surface area contributed by atoms with Crippen molar-refractivity contribution in [2.75, 3.05) is 13.1 Å². The Hall–Kier alpha value is -3.44. The lowest BCUT2D eigenvalue weighted by molar-refractivity contribution is 0.0565. The van der Waals surface area contributed by atoms with Crippen LogP contribution in [0.2, 0.25) is 0 Å². The second-order valence-corrected chi connectivity index (χ2v) is 11.4. The van der Waals surface area contributed by atoms with Gasteiger partial charge in [0.2, 0.25) is 0 Å². The Morgan fingerprint density at radius 3 is 2.56 bits per heavy atom. The molecule has 0 saturated carbocycles. The highest BCUT2D eigenvalue weighted by Crippen LogP contribution is 2.29. The predicted molar refractivity (Wildman–Crippen MR) is 134 cm³/mol. The number of piperidine rings is 1. The van der Waals surface area contributed by atoms with Gasteiger partial charge in [0.15, 0.2) is 0 Å². The van der Waals surface area contributed by atoms with Gasteiger partial charge in [0.1, 0.15) is 11.4 Å². The van der Waals surface area contributed by atoms with Gasteiger partial charge in [0.25, 0.3) is 5.91 Å². The molecular formula is C25H29FN4O5S. The molecule has 1 unspecified atom stereocenters. The highest BCUT2D eigenvalue weighted by molar-refractivity contribution is 7.87. The molecule has 1 aliphatic heterocycles. The van der Waals surface area contributed by atoms with Gasteiger partial charge >= 0.3 is 16.3 Å². The molecule has 11 heteroatoms. The lowest BCUT2D eigenvalue weighted by atomic mass is 10.0. The van der Waals surface area contributed by atoms with Crippen LogP contribution in [-0.2, 0) is 14.9 Å². The van der Waals surface area contributed by atoms with Crippen molar-refractivity contribution in [1.29, 1.82) is 0 Å². The first-order valence-electron chi connectivity index (χ1n) is 11.6. The highest BCUT2D eigenvalue weighted by Gasteiger charge is 2.32. The number of carbonyl (C=O) groups excluding carboxylic acids is 2. The molecule has 9 nitrogen and oxygen atoms in total. The number of rotatable bonds is 5. The average Bonchev–Trinajstić information content (AvgIpc) is 3.20. The fourth-order valence-electron chi connectivity index (χ4n) is 4.15. The number of hydrogen-bond acceptors (Lipinski definition) is 5. The van der Waals surface area contributed by atoms with E-state index in [-0.39, 0.29) is 24.8 Å². The average molecular weight is 517 g/mol. The molecule has 36 heavy (non-hydrogen) atoms. The summed E-state index contributed by atoms with van der Waals surface area (Å²) in [5.41, 5.74) is 2.04. The molecule has 1 aromatic heterocycles. The summed E-state index contributed by atoms with van der Waals surface area (Å²) in [6, 6.07) is 11.1. The van der Waals surface area contributed by atoms with Gasteiger partial charge in [-0.2, -0.15) is 12.7 Å². The third kappa shape index (κ3) is 6.03. The van der Waals surface area contributed by atoms with E-state index in [2.05, 4.69) is 10.3 Å². The zero-order valence-electron chi connectivity index (χ0n) is 20.3. The first-order valence-corrected chi connectivity index (χ1v) is 13.0. The summed E-state index contributed by atoms with van der Waals surface area (Å²) in [6.45, 7) is 5.18. The predicted octanol–water partition coefficient (Wildman–Crippen LogP) is 3.94. The van der Waals surface area contributed by atoms with Crippen molar-refractivity contribution in [3.8, 4) is 11.1 Å². The molecule has 0 bridgehead atoms. The van der Waals surface area contributed by atoms with Gasteiger partial charge in [-0.15, -0.1) is 0 Å². The number of aromatic amines is 1. The number of benzene rings is 2. The molecule has 0 spiro atoms. The molecule has 1 fully saturated rings. The van der Waals surface area contributed by atoms with Gasteiger partial charge in [0.05, 0.1) is 0 Å². The number of H-pyrrole nitrogens is 1. The SMILES string of the molecule is CC(C)(C)OC(=O)NS(=O)(=O)N1CCCC(NC(=O)c2ccc(-c3c[nH]c4cc(F)ccc34)cc2)C1. The van der Waals surface area contributed by atoms with Crippen LogP contribution in [0.1, 0.15) is 44.0 Å². The first-order chi connectivity index (χ1) is 16.9. The van der Waals surface area contributed by atoms with Crippen molar-refractivity contribution in [2.24, 2.45) is 0 Å². The Morgan fingerprint density at radius 2 is 1.86 bits per heavy atom. The number of amides is 2. The quantitative estimate of drug-likeness (QED) is 0.475. The Labute approximate surface area is 209 Å². The maximum absolute atomic E-state index is 13.5. The monoisotopic (exact) mass is 516 g/mol. The minimum atomic E-state index is -4.11. The third-order valence-corrected chi connectivity index (χ3v) is 7.21. The molecule has 1 atom stereocenters. The topological polar surface area (TPSA) is 121 Å². The van der Waals surface area contributed by atoms with Crippen LogP contribution < -0.4 is 10.0 Å². The fourth-order valence-corrected chi connectivity index (χ4v) is 5.28. The maximum atomic E-state index is 13.5. The van der Waals surface area contributed by atoms with Crippen molar-refractivity contribution < 1.29 is 27.1 Å². The lowest BCUT2D eigenvalue weighted by Gasteiger charge is -2.32. The summed E-state index contributed by atoms with van der Waals surface area (Å²) in [6.07, 6.45) is 1.88. The van der Waals surface area contributed by atoms with E-state index in [4.69, 9.17) is 4.74 Å². The number of hydrogen-bond donors (Lipinski definition) is 3. The summed E-state index contributed by atoms with van der Waals surface area (Å²) in [7, 11) is -4.11. The molecule has 2 heterocycles. The van der Waals surface area contributed by atoms with Crippen molar-refractivity contribution in [3.05, 3.63) is 60.0 Å². The number of nitrogens with one attached hydrogen (secondary N) is 3. The summed E-state index contributed by atoms with van der Waals surface area (Å²) in [4.78, 5) is 27.8. The zero-order valence-corrected chi connectivity index (χ0v) is 21.1. The van der Waals surface area contributed by atoms with E-state index in [9.17, 15) is 22.4 Å². The Balaban J connectivity index is 1.39. The largest absolute Gasteiger partial charge is 0.443 e. The molecule has 2 amide bonds. The Morgan fingerprint density at radius 1 is 1.14 bits per heavy atom. The lowest BCUT2D eigenvalue weighted by Crippen LogP contribution is -2.53. The van der Waals surface area contributed by atoms with Crippen LogP contribution in [0.15, 0.2) is 48.7 Å². The van der Waals surface area contributed by atoms with Crippen LogP contribution in [0.5, 0.6) is 0 Å². The summed E-state index contributed by atoms with van der Waals surface area (Å²) >= 11 is 0. The molecule has 192 valence electrons. The van der Waals surface area contributed by atoms with Crippen molar-refractivity contribution in [1.82, 2.24) is 19.3 Å². The van der Waals surface area contributed by atoms with Gasteiger partial charge in [-0.3, -0.25) is 4.79 Å². The van der Waals surface area contributed by atoms with E-state index in [0.29, 0.717) is 23.9 Å². The Bertz CT molecular complexity index is 1380. The second kappa shape index (κ2) is 9.90. The van der Waals surface area contributed by atoms with E-state index >= 15 is 0 Å². The van der Waals surface area contributed by atoms with Crippen molar-refractivity contribution >= 4 is 33.1 Å². The van der Waals surface area contributed by atoms with Crippen molar-refractivity contribution in [2.45, 2.75) is 45.3 Å². The molecule has 4 rings (SSSR count). The van der Waals surface area contributed by atoms with Crippen LogP contribution in [0.4, 0.5) is 9.18 Å². The van der Waals surface area contributed by atoms with E-state index in [1.54, 1.807) is 45.2 Å². The van der Waals surface area contributed by atoms with E-state index in [1.807, 2.05) is 16.9 Å². The van der Waals surface area contributed by atoms with Crippen LogP contribution in [0.3, 0.4) is 0 Å². The van der Waals surface area contributed by atoms with Gasteiger partial charge < -0.3 is 15.0 Å². The van der Waals surface area contributed by atoms with Crippen LogP contribution in [-0.4, -0.2) is 54.4 Å². The second-order valence-electron chi connectivity index (χ2n) is 9.75. The molecule has 1 aliphatic rings. The van der Waals surface area contributed by atoms with E-state index < -0.39 is 27.9 Å². The summed E-state index contributed by atoms with van der Waals surface area (Å²) in [5.74, 6) is -0.649. The molecule has 0 radical (unpaired) electrons. The third-order valence-electron chi connectivity index (χ3n) is 5.77. The number of halogens is 1. The molecule has 1 saturated heterocycles.